The SMILES string of the molecule is Cc1ncsc1C(=O)N(C)Cc1nc([C@@H]2CCCNC2)cc(N(C)C)n1. The first kappa shape index (κ1) is 18.7. The molecule has 0 aromatic carbocycles. The number of hydrogen-bond acceptors (Lipinski definition) is 7. The zero-order chi connectivity index (χ0) is 18.7. The lowest BCUT2D eigenvalue weighted by molar-refractivity contribution is 0.0785. The summed E-state index contributed by atoms with van der Waals surface area (Å²) in [5.74, 6) is 1.92. The highest BCUT2D eigenvalue weighted by Crippen LogP contribution is 2.24. The molecule has 26 heavy (non-hydrogen) atoms. The first-order valence-electron chi connectivity index (χ1n) is 8.87. The number of hydrogen-bond donors (Lipinski definition) is 1. The van der Waals surface area contributed by atoms with Crippen LogP contribution in [-0.2, 0) is 6.54 Å². The third-order valence-electron chi connectivity index (χ3n) is 4.62. The average Bonchev–Trinajstić information content (AvgIpc) is 3.07. The Morgan fingerprint density at radius 2 is 2.15 bits per heavy atom. The van der Waals surface area contributed by atoms with Crippen molar-refractivity contribution in [3.05, 3.63) is 33.7 Å². The van der Waals surface area contributed by atoms with Crippen molar-refractivity contribution in [2.24, 2.45) is 0 Å². The number of anilines is 1. The van der Waals surface area contributed by atoms with E-state index >= 15 is 0 Å². The fraction of sp³-hybridized carbons (Fsp3) is 0.556. The molecule has 0 unspecified atom stereocenters. The minimum absolute atomic E-state index is 0.0373. The molecule has 0 saturated carbocycles. The van der Waals surface area contributed by atoms with Crippen molar-refractivity contribution in [3.8, 4) is 0 Å². The summed E-state index contributed by atoms with van der Waals surface area (Å²) in [6.45, 7) is 4.25. The third-order valence-corrected chi connectivity index (χ3v) is 5.53. The first-order valence-corrected chi connectivity index (χ1v) is 9.75. The van der Waals surface area contributed by atoms with Gasteiger partial charge in [-0.3, -0.25) is 4.79 Å². The van der Waals surface area contributed by atoms with Gasteiger partial charge in [-0.15, -0.1) is 11.3 Å². The predicted molar refractivity (Wildman–Crippen MR) is 104 cm³/mol. The molecule has 1 N–H and O–H groups in total. The Labute approximate surface area is 158 Å². The van der Waals surface area contributed by atoms with E-state index in [9.17, 15) is 4.79 Å². The second kappa shape index (κ2) is 8.09. The molecule has 3 rings (SSSR count). The number of aromatic nitrogens is 3. The van der Waals surface area contributed by atoms with E-state index in [0.717, 1.165) is 43.1 Å². The van der Waals surface area contributed by atoms with Crippen molar-refractivity contribution in [3.63, 3.8) is 0 Å². The molecule has 1 atom stereocenters. The summed E-state index contributed by atoms with van der Waals surface area (Å²) < 4.78 is 0. The van der Waals surface area contributed by atoms with Crippen molar-refractivity contribution in [2.75, 3.05) is 39.1 Å². The molecule has 1 fully saturated rings. The molecule has 0 aliphatic carbocycles. The Morgan fingerprint density at radius 1 is 1.35 bits per heavy atom. The van der Waals surface area contributed by atoms with Crippen molar-refractivity contribution in [1.29, 1.82) is 0 Å². The van der Waals surface area contributed by atoms with Crippen LogP contribution in [-0.4, -0.2) is 60.0 Å². The monoisotopic (exact) mass is 374 g/mol. The van der Waals surface area contributed by atoms with Gasteiger partial charge < -0.3 is 15.1 Å². The van der Waals surface area contributed by atoms with Gasteiger partial charge in [0, 0.05) is 39.7 Å². The van der Waals surface area contributed by atoms with Gasteiger partial charge in [-0.25, -0.2) is 15.0 Å². The molecule has 1 amide bonds. The van der Waals surface area contributed by atoms with Crippen LogP contribution in [0.1, 0.15) is 45.6 Å². The molecule has 7 nitrogen and oxygen atoms in total. The Balaban J connectivity index is 1.82. The van der Waals surface area contributed by atoms with Gasteiger partial charge in [0.1, 0.15) is 16.5 Å². The van der Waals surface area contributed by atoms with E-state index in [-0.39, 0.29) is 5.91 Å². The van der Waals surface area contributed by atoms with Gasteiger partial charge in [0.15, 0.2) is 0 Å². The largest absolute Gasteiger partial charge is 0.363 e. The topological polar surface area (TPSA) is 74.2 Å². The first-order chi connectivity index (χ1) is 12.5. The highest BCUT2D eigenvalue weighted by atomic mass is 32.1. The lowest BCUT2D eigenvalue weighted by Gasteiger charge is -2.24. The van der Waals surface area contributed by atoms with Crippen molar-refractivity contribution < 1.29 is 4.79 Å². The van der Waals surface area contributed by atoms with Crippen molar-refractivity contribution in [1.82, 2.24) is 25.2 Å². The van der Waals surface area contributed by atoms with E-state index < -0.39 is 0 Å². The lowest BCUT2D eigenvalue weighted by atomic mass is 9.96. The van der Waals surface area contributed by atoms with Crippen LogP contribution in [0.2, 0.25) is 0 Å². The summed E-state index contributed by atoms with van der Waals surface area (Å²) in [7, 11) is 5.74. The lowest BCUT2D eigenvalue weighted by Crippen LogP contribution is -2.30. The van der Waals surface area contributed by atoms with E-state index in [0.29, 0.717) is 23.2 Å². The molecule has 1 aliphatic rings. The molecule has 2 aromatic rings. The van der Waals surface area contributed by atoms with Crippen LogP contribution in [0.3, 0.4) is 0 Å². The Hall–Kier alpha value is -2.06. The molecular weight excluding hydrogens is 348 g/mol. The zero-order valence-corrected chi connectivity index (χ0v) is 16.6. The molecule has 8 heteroatoms. The number of rotatable bonds is 5. The molecule has 140 valence electrons. The maximum Gasteiger partial charge on any atom is 0.265 e. The van der Waals surface area contributed by atoms with Gasteiger partial charge >= 0.3 is 0 Å². The van der Waals surface area contributed by atoms with Gasteiger partial charge in [-0.1, -0.05) is 0 Å². The van der Waals surface area contributed by atoms with Crippen LogP contribution in [0.15, 0.2) is 11.6 Å². The van der Waals surface area contributed by atoms with Crippen LogP contribution in [0.4, 0.5) is 5.82 Å². The van der Waals surface area contributed by atoms with Crippen molar-refractivity contribution in [2.45, 2.75) is 32.2 Å². The Morgan fingerprint density at radius 3 is 2.77 bits per heavy atom. The van der Waals surface area contributed by atoms with Crippen LogP contribution in [0.5, 0.6) is 0 Å². The maximum absolute atomic E-state index is 12.7. The number of amides is 1. The minimum atomic E-state index is -0.0373. The van der Waals surface area contributed by atoms with E-state index in [2.05, 4.69) is 21.4 Å². The minimum Gasteiger partial charge on any atom is -0.363 e. The standard InChI is InChI=1S/C18H26N6OS/c1-12-17(26-11-20-12)18(25)24(4)10-15-21-14(8-16(22-15)23(2)3)13-6-5-7-19-9-13/h8,11,13,19H,5-7,9-10H2,1-4H3/t13-/m1/s1. The van der Waals surface area contributed by atoms with Crippen molar-refractivity contribution >= 4 is 23.1 Å². The molecule has 1 aliphatic heterocycles. The highest BCUT2D eigenvalue weighted by molar-refractivity contribution is 7.11. The van der Waals surface area contributed by atoms with Crippen LogP contribution in [0, 0.1) is 6.92 Å². The number of piperidine rings is 1. The van der Waals surface area contributed by atoms with Gasteiger partial charge in [0.2, 0.25) is 0 Å². The molecule has 0 radical (unpaired) electrons. The second-order valence-electron chi connectivity index (χ2n) is 6.93. The second-order valence-corrected chi connectivity index (χ2v) is 7.79. The summed E-state index contributed by atoms with van der Waals surface area (Å²) in [5.41, 5.74) is 3.53. The number of nitrogens with one attached hydrogen (secondary N) is 1. The van der Waals surface area contributed by atoms with Crippen LogP contribution in [0.25, 0.3) is 0 Å². The maximum atomic E-state index is 12.7. The average molecular weight is 375 g/mol. The summed E-state index contributed by atoms with van der Waals surface area (Å²) in [6, 6.07) is 2.07. The fourth-order valence-corrected chi connectivity index (χ4v) is 3.88. The zero-order valence-electron chi connectivity index (χ0n) is 15.8. The summed E-state index contributed by atoms with van der Waals surface area (Å²) in [6.07, 6.45) is 2.29. The van der Waals surface area contributed by atoms with E-state index in [1.54, 1.807) is 17.5 Å². The van der Waals surface area contributed by atoms with E-state index in [1.165, 1.54) is 11.3 Å². The third kappa shape index (κ3) is 4.19. The molecular formula is C18H26N6OS. The number of carbonyl (C=O) groups excluding carboxylic acids is 1. The molecule has 1 saturated heterocycles. The summed E-state index contributed by atoms with van der Waals surface area (Å²) >= 11 is 1.37. The van der Waals surface area contributed by atoms with Crippen LogP contribution < -0.4 is 10.2 Å². The molecule has 3 heterocycles. The van der Waals surface area contributed by atoms with Gasteiger partial charge in [-0.05, 0) is 26.3 Å². The normalized spacial score (nSPS) is 17.2. The van der Waals surface area contributed by atoms with E-state index in [4.69, 9.17) is 4.98 Å². The Kier molecular flexibility index (Phi) is 5.83. The van der Waals surface area contributed by atoms with Gasteiger partial charge in [0.25, 0.3) is 5.91 Å². The fourth-order valence-electron chi connectivity index (χ4n) is 3.08. The highest BCUT2D eigenvalue weighted by Gasteiger charge is 2.21. The summed E-state index contributed by atoms with van der Waals surface area (Å²) in [4.78, 5) is 30.6. The smallest absolute Gasteiger partial charge is 0.265 e. The molecule has 0 spiro atoms. The molecule has 0 bridgehead atoms. The number of nitrogens with zero attached hydrogens (tertiary/aromatic N) is 5. The number of carbonyl (C=O) groups is 1. The summed E-state index contributed by atoms with van der Waals surface area (Å²) in [5, 5.41) is 3.44. The number of thiazole rings is 1. The quantitative estimate of drug-likeness (QED) is 0.863. The van der Waals surface area contributed by atoms with Gasteiger partial charge in [0.05, 0.1) is 23.4 Å². The van der Waals surface area contributed by atoms with Crippen LogP contribution >= 0.6 is 11.3 Å². The molecule has 2 aromatic heterocycles. The number of aryl methyl sites for hydroxylation is 1. The Bertz CT molecular complexity index is 769. The predicted octanol–water partition coefficient (Wildman–Crippen LogP) is 2.05. The van der Waals surface area contributed by atoms with E-state index in [1.807, 2.05) is 25.9 Å². The van der Waals surface area contributed by atoms with Gasteiger partial charge in [-0.2, -0.15) is 0 Å².